The summed E-state index contributed by atoms with van der Waals surface area (Å²) in [5.41, 5.74) is 0. The van der Waals surface area contributed by atoms with E-state index in [-0.39, 0.29) is 26.1 Å². The van der Waals surface area contributed by atoms with Gasteiger partial charge in [0.25, 0.3) is 0 Å². The molecule has 0 aromatic rings. The predicted octanol–water partition coefficient (Wildman–Crippen LogP) is -0.292. The van der Waals surface area contributed by atoms with E-state index in [2.05, 4.69) is 0 Å². The van der Waals surface area contributed by atoms with Crippen LogP contribution in [0.25, 0.3) is 0 Å². The molecule has 0 radical (unpaired) electrons. The molecule has 0 aromatic heterocycles. The molecule has 0 saturated carbocycles. The number of esters is 2. The number of carboxylic acids is 1. The van der Waals surface area contributed by atoms with Crippen molar-refractivity contribution in [1.29, 1.82) is 0 Å². The molecule has 0 bridgehead atoms. The lowest BCUT2D eigenvalue weighted by Gasteiger charge is -2.18. The molecule has 0 amide bonds. The number of cyclic esters (lactones) is 2. The summed E-state index contributed by atoms with van der Waals surface area (Å²) in [5.74, 6) is -3.68. The normalized spacial score (nSPS) is 23.7. The smallest absolute Gasteiger partial charge is 0.332 e. The first-order valence-corrected chi connectivity index (χ1v) is 5.74. The minimum atomic E-state index is -1.70. The number of carbonyl (C=O) groups is 3. The van der Waals surface area contributed by atoms with Gasteiger partial charge in [-0.2, -0.15) is 0 Å². The van der Waals surface area contributed by atoms with Crippen molar-refractivity contribution >= 4 is 17.9 Å². The highest BCUT2D eigenvalue weighted by Crippen LogP contribution is 2.16. The molecule has 2 N–H and O–H groups in total. The van der Waals surface area contributed by atoms with E-state index in [0.717, 1.165) is 0 Å². The van der Waals surface area contributed by atoms with Crippen molar-refractivity contribution in [3.63, 3.8) is 0 Å². The third kappa shape index (κ3) is 4.70. The van der Waals surface area contributed by atoms with Gasteiger partial charge in [-0.3, -0.25) is 9.59 Å². The second-order valence-electron chi connectivity index (χ2n) is 4.09. The molecular weight excluding hydrogens is 244 g/mol. The molecule has 2 atom stereocenters. The highest BCUT2D eigenvalue weighted by Gasteiger charge is 2.29. The van der Waals surface area contributed by atoms with Gasteiger partial charge in [0.2, 0.25) is 0 Å². The Morgan fingerprint density at radius 2 is 1.89 bits per heavy atom. The van der Waals surface area contributed by atoms with Gasteiger partial charge >= 0.3 is 17.9 Å². The quantitative estimate of drug-likeness (QED) is 0.671. The van der Waals surface area contributed by atoms with Crippen molar-refractivity contribution in [2.24, 2.45) is 5.92 Å². The Morgan fingerprint density at radius 3 is 2.50 bits per heavy atom. The van der Waals surface area contributed by atoms with Crippen LogP contribution in [-0.2, 0) is 23.9 Å². The molecule has 1 aliphatic rings. The molecule has 7 heteroatoms. The highest BCUT2D eigenvalue weighted by atomic mass is 16.5. The van der Waals surface area contributed by atoms with E-state index in [1.807, 2.05) is 0 Å². The summed E-state index contributed by atoms with van der Waals surface area (Å²) in [6.07, 6.45) is -1.14. The molecule has 2 unspecified atom stereocenters. The van der Waals surface area contributed by atoms with Crippen LogP contribution in [0.15, 0.2) is 0 Å². The van der Waals surface area contributed by atoms with Crippen LogP contribution in [0.2, 0.25) is 0 Å². The predicted molar refractivity (Wildman–Crippen MR) is 57.5 cm³/mol. The molecule has 102 valence electrons. The monoisotopic (exact) mass is 260 g/mol. The lowest BCUT2D eigenvalue weighted by atomic mass is 9.98. The minimum absolute atomic E-state index is 0.204. The van der Waals surface area contributed by atoms with Crippen LogP contribution in [0.3, 0.4) is 0 Å². The first-order valence-electron chi connectivity index (χ1n) is 5.74. The highest BCUT2D eigenvalue weighted by molar-refractivity contribution is 5.81. The van der Waals surface area contributed by atoms with Crippen LogP contribution in [0.1, 0.15) is 25.7 Å². The molecule has 18 heavy (non-hydrogen) atoms. The topological polar surface area (TPSA) is 110 Å². The van der Waals surface area contributed by atoms with Crippen LogP contribution in [-0.4, -0.2) is 47.4 Å². The van der Waals surface area contributed by atoms with E-state index >= 15 is 0 Å². The molecule has 1 fully saturated rings. The summed E-state index contributed by atoms with van der Waals surface area (Å²) >= 11 is 0. The summed E-state index contributed by atoms with van der Waals surface area (Å²) in [5, 5.41) is 17.8. The minimum Gasteiger partial charge on any atom is -0.479 e. The average molecular weight is 260 g/mol. The first-order chi connectivity index (χ1) is 8.50. The van der Waals surface area contributed by atoms with Crippen molar-refractivity contribution in [1.82, 2.24) is 0 Å². The summed E-state index contributed by atoms with van der Waals surface area (Å²) < 4.78 is 9.77. The molecule has 0 aliphatic carbocycles. The first kappa shape index (κ1) is 14.4. The lowest BCUT2D eigenvalue weighted by Crippen LogP contribution is -2.30. The maximum atomic E-state index is 11.6. The zero-order valence-corrected chi connectivity index (χ0v) is 9.83. The summed E-state index contributed by atoms with van der Waals surface area (Å²) in [6, 6.07) is 0. The molecule has 1 saturated heterocycles. The van der Waals surface area contributed by atoms with E-state index in [4.69, 9.17) is 14.6 Å². The number of aliphatic hydroxyl groups excluding tert-OH is 1. The molecule has 1 aliphatic heterocycles. The summed E-state index contributed by atoms with van der Waals surface area (Å²) in [4.78, 5) is 33.5. The molecule has 1 rings (SSSR count). The maximum Gasteiger partial charge on any atom is 0.332 e. The Morgan fingerprint density at radius 1 is 1.28 bits per heavy atom. The Kier molecular flexibility index (Phi) is 5.57. The standard InChI is InChI=1S/C11H16O7/c12-8(10(14)15)5-7-6-9(13)17-3-1-2-4-18-11(7)16/h7-8,12H,1-6H2,(H,14,15). The van der Waals surface area contributed by atoms with Crippen molar-refractivity contribution in [3.05, 3.63) is 0 Å². The number of rotatable bonds is 3. The van der Waals surface area contributed by atoms with E-state index in [1.165, 1.54) is 0 Å². The van der Waals surface area contributed by atoms with E-state index in [9.17, 15) is 19.5 Å². The van der Waals surface area contributed by atoms with Gasteiger partial charge in [-0.25, -0.2) is 4.79 Å². The molecule has 0 spiro atoms. The third-order valence-electron chi connectivity index (χ3n) is 2.59. The second kappa shape index (κ2) is 6.95. The van der Waals surface area contributed by atoms with Crippen molar-refractivity contribution in [2.75, 3.05) is 13.2 Å². The van der Waals surface area contributed by atoms with Crippen LogP contribution in [0.4, 0.5) is 0 Å². The molecule has 1 heterocycles. The third-order valence-corrected chi connectivity index (χ3v) is 2.59. The van der Waals surface area contributed by atoms with Crippen molar-refractivity contribution in [3.8, 4) is 0 Å². The second-order valence-corrected chi connectivity index (χ2v) is 4.09. The van der Waals surface area contributed by atoms with Gasteiger partial charge in [0.15, 0.2) is 6.10 Å². The van der Waals surface area contributed by atoms with E-state index < -0.39 is 29.9 Å². The van der Waals surface area contributed by atoms with Crippen molar-refractivity contribution < 1.29 is 34.1 Å². The number of hydrogen-bond acceptors (Lipinski definition) is 6. The Hall–Kier alpha value is -1.63. The van der Waals surface area contributed by atoms with Crippen molar-refractivity contribution in [2.45, 2.75) is 31.8 Å². The SMILES string of the molecule is O=C1CC(CC(O)C(=O)O)C(=O)OCCCCO1. The number of hydrogen-bond donors (Lipinski definition) is 2. The van der Waals surface area contributed by atoms with Gasteiger partial charge < -0.3 is 19.7 Å². The van der Waals surface area contributed by atoms with Crippen LogP contribution in [0, 0.1) is 5.92 Å². The maximum absolute atomic E-state index is 11.6. The number of aliphatic carboxylic acids is 1. The summed E-state index contributed by atoms with van der Waals surface area (Å²) in [7, 11) is 0. The zero-order valence-electron chi connectivity index (χ0n) is 9.83. The van der Waals surface area contributed by atoms with Gasteiger partial charge in [0.1, 0.15) is 0 Å². The fraction of sp³-hybridized carbons (Fsp3) is 0.727. The summed E-state index contributed by atoms with van der Waals surface area (Å²) in [6.45, 7) is 0.459. The van der Waals surface area contributed by atoms with Gasteiger partial charge in [-0.15, -0.1) is 0 Å². The number of ether oxygens (including phenoxy) is 2. The Bertz CT molecular complexity index is 325. The van der Waals surface area contributed by atoms with Gasteiger partial charge in [0, 0.05) is 0 Å². The van der Waals surface area contributed by atoms with Crippen LogP contribution < -0.4 is 0 Å². The molecule has 0 aromatic carbocycles. The largest absolute Gasteiger partial charge is 0.479 e. The zero-order chi connectivity index (χ0) is 13.5. The number of carbonyl (C=O) groups excluding carboxylic acids is 2. The average Bonchev–Trinajstić information content (AvgIpc) is 2.31. The van der Waals surface area contributed by atoms with Crippen LogP contribution >= 0.6 is 0 Å². The number of aliphatic hydroxyl groups is 1. The lowest BCUT2D eigenvalue weighted by molar-refractivity contribution is -0.160. The number of carboxylic acid groups (broad SMARTS) is 1. The van der Waals surface area contributed by atoms with Gasteiger partial charge in [0.05, 0.1) is 25.6 Å². The fourth-order valence-electron chi connectivity index (χ4n) is 1.57. The van der Waals surface area contributed by atoms with Gasteiger partial charge in [-0.1, -0.05) is 0 Å². The van der Waals surface area contributed by atoms with Crippen LogP contribution in [0.5, 0.6) is 0 Å². The molecule has 7 nitrogen and oxygen atoms in total. The van der Waals surface area contributed by atoms with E-state index in [0.29, 0.717) is 12.8 Å². The van der Waals surface area contributed by atoms with Gasteiger partial charge in [-0.05, 0) is 19.3 Å². The van der Waals surface area contributed by atoms with E-state index in [1.54, 1.807) is 0 Å². The molecular formula is C11H16O7. The Balaban J connectivity index is 2.64. The fourth-order valence-corrected chi connectivity index (χ4v) is 1.57. The Labute approximate surface area is 104 Å².